The molecule has 4 rings (SSSR count). The molecule has 1 saturated heterocycles. The summed E-state index contributed by atoms with van der Waals surface area (Å²) in [4.78, 5) is 36.4. The van der Waals surface area contributed by atoms with Gasteiger partial charge < -0.3 is 14.4 Å². The van der Waals surface area contributed by atoms with Crippen molar-refractivity contribution in [3.63, 3.8) is 0 Å². The second kappa shape index (κ2) is 12.4. The third-order valence-electron chi connectivity index (χ3n) is 6.88. The van der Waals surface area contributed by atoms with Crippen molar-refractivity contribution in [1.82, 2.24) is 19.7 Å². The molecule has 37 heavy (non-hydrogen) atoms. The van der Waals surface area contributed by atoms with Gasteiger partial charge in [-0.1, -0.05) is 36.4 Å². The molecule has 8 nitrogen and oxygen atoms in total. The SMILES string of the molecule is CC(C)(C)OC(=O)N(CCCN1CCN(C(=O)OCc2ccccc2)CC1)[C@H]1CCCc2cccnc21. The molecule has 1 atom stereocenters. The van der Waals surface area contributed by atoms with Crippen molar-refractivity contribution in [3.05, 3.63) is 65.5 Å². The highest BCUT2D eigenvalue weighted by molar-refractivity contribution is 5.69. The van der Waals surface area contributed by atoms with Crippen LogP contribution in [0.3, 0.4) is 0 Å². The smallest absolute Gasteiger partial charge is 0.410 e. The van der Waals surface area contributed by atoms with Crippen LogP contribution in [0.25, 0.3) is 0 Å². The number of rotatable bonds is 7. The molecule has 1 fully saturated rings. The minimum Gasteiger partial charge on any atom is -0.445 e. The maximum atomic E-state index is 13.2. The zero-order valence-electron chi connectivity index (χ0n) is 22.4. The van der Waals surface area contributed by atoms with Gasteiger partial charge in [0, 0.05) is 38.9 Å². The number of aryl methyl sites for hydroxylation is 1. The van der Waals surface area contributed by atoms with E-state index >= 15 is 0 Å². The molecule has 1 aromatic carbocycles. The van der Waals surface area contributed by atoms with Gasteiger partial charge in [-0.05, 0) is 70.2 Å². The standard InChI is InChI=1S/C29H40N4O4/c1-29(2,3)37-28(35)33(25-14-7-12-24-13-8-15-30-26(24)25)17-9-16-31-18-20-32(21-19-31)27(34)36-22-23-10-5-4-6-11-23/h4-6,8,10-11,13,15,25H,7,9,12,14,16-22H2,1-3H3/t25-/m0/s1. The fourth-order valence-corrected chi connectivity index (χ4v) is 5.01. The van der Waals surface area contributed by atoms with Crippen LogP contribution >= 0.6 is 0 Å². The van der Waals surface area contributed by atoms with Gasteiger partial charge in [0.1, 0.15) is 12.2 Å². The molecule has 0 N–H and O–H groups in total. The van der Waals surface area contributed by atoms with Crippen molar-refractivity contribution in [2.24, 2.45) is 0 Å². The monoisotopic (exact) mass is 508 g/mol. The maximum absolute atomic E-state index is 13.2. The molecule has 0 saturated carbocycles. The fraction of sp³-hybridized carbons (Fsp3) is 0.552. The lowest BCUT2D eigenvalue weighted by Crippen LogP contribution is -2.49. The Hall–Kier alpha value is -3.13. The van der Waals surface area contributed by atoms with Gasteiger partial charge >= 0.3 is 12.2 Å². The Morgan fingerprint density at radius 3 is 2.54 bits per heavy atom. The van der Waals surface area contributed by atoms with Gasteiger partial charge in [-0.15, -0.1) is 0 Å². The largest absolute Gasteiger partial charge is 0.445 e. The van der Waals surface area contributed by atoms with Crippen LogP contribution in [0.5, 0.6) is 0 Å². The lowest BCUT2D eigenvalue weighted by Gasteiger charge is -2.37. The second-order valence-corrected chi connectivity index (χ2v) is 10.9. The van der Waals surface area contributed by atoms with E-state index in [9.17, 15) is 9.59 Å². The molecular formula is C29H40N4O4. The first-order valence-corrected chi connectivity index (χ1v) is 13.4. The molecule has 8 heteroatoms. The van der Waals surface area contributed by atoms with Crippen LogP contribution < -0.4 is 0 Å². The van der Waals surface area contributed by atoms with E-state index in [2.05, 4.69) is 16.0 Å². The molecule has 0 spiro atoms. The molecule has 2 aliphatic rings. The molecule has 2 aromatic rings. The second-order valence-electron chi connectivity index (χ2n) is 10.9. The fourth-order valence-electron chi connectivity index (χ4n) is 5.01. The topological polar surface area (TPSA) is 75.2 Å². The first-order valence-electron chi connectivity index (χ1n) is 13.4. The number of piperazine rings is 1. The van der Waals surface area contributed by atoms with E-state index in [0.717, 1.165) is 56.6 Å². The molecule has 0 bridgehead atoms. The number of hydrogen-bond donors (Lipinski definition) is 0. The highest BCUT2D eigenvalue weighted by atomic mass is 16.6. The number of pyridine rings is 1. The average molecular weight is 509 g/mol. The van der Waals surface area contributed by atoms with Crippen molar-refractivity contribution in [3.8, 4) is 0 Å². The number of benzene rings is 1. The minimum absolute atomic E-state index is 0.0592. The van der Waals surface area contributed by atoms with Gasteiger partial charge in [-0.25, -0.2) is 9.59 Å². The average Bonchev–Trinajstić information content (AvgIpc) is 2.89. The number of fused-ring (bicyclic) bond motifs is 1. The van der Waals surface area contributed by atoms with Gasteiger partial charge in [0.15, 0.2) is 0 Å². The summed E-state index contributed by atoms with van der Waals surface area (Å²) in [5.41, 5.74) is 2.66. The summed E-state index contributed by atoms with van der Waals surface area (Å²) in [7, 11) is 0. The number of carbonyl (C=O) groups is 2. The highest BCUT2D eigenvalue weighted by Crippen LogP contribution is 2.33. The zero-order chi connectivity index (χ0) is 26.3. The van der Waals surface area contributed by atoms with E-state index < -0.39 is 5.60 Å². The lowest BCUT2D eigenvalue weighted by molar-refractivity contribution is 0.0120. The first-order chi connectivity index (χ1) is 17.8. The molecular weight excluding hydrogens is 468 g/mol. The molecule has 1 aliphatic carbocycles. The van der Waals surface area contributed by atoms with Crippen LogP contribution in [0.4, 0.5) is 9.59 Å². The van der Waals surface area contributed by atoms with E-state index in [1.54, 1.807) is 4.90 Å². The van der Waals surface area contributed by atoms with Crippen molar-refractivity contribution in [2.75, 3.05) is 39.3 Å². The van der Waals surface area contributed by atoms with Gasteiger partial charge in [0.2, 0.25) is 0 Å². The Morgan fingerprint density at radius 2 is 1.81 bits per heavy atom. The van der Waals surface area contributed by atoms with Crippen LogP contribution in [-0.4, -0.2) is 76.7 Å². The third kappa shape index (κ3) is 7.68. The summed E-state index contributed by atoms with van der Waals surface area (Å²) in [6.07, 6.45) is 5.04. The molecule has 0 unspecified atom stereocenters. The molecule has 200 valence electrons. The van der Waals surface area contributed by atoms with E-state index in [1.165, 1.54) is 5.56 Å². The highest BCUT2D eigenvalue weighted by Gasteiger charge is 2.33. The first kappa shape index (κ1) is 26.9. The van der Waals surface area contributed by atoms with E-state index in [-0.39, 0.29) is 18.2 Å². The Kier molecular flexibility index (Phi) is 9.03. The third-order valence-corrected chi connectivity index (χ3v) is 6.88. The lowest BCUT2D eigenvalue weighted by atomic mass is 9.91. The number of aromatic nitrogens is 1. The Balaban J connectivity index is 1.28. The van der Waals surface area contributed by atoms with Gasteiger partial charge in [-0.3, -0.25) is 14.8 Å². The molecule has 0 radical (unpaired) electrons. The van der Waals surface area contributed by atoms with Crippen molar-refractivity contribution < 1.29 is 19.1 Å². The summed E-state index contributed by atoms with van der Waals surface area (Å²) >= 11 is 0. The zero-order valence-corrected chi connectivity index (χ0v) is 22.4. The number of carbonyl (C=O) groups excluding carboxylic acids is 2. The molecule has 2 heterocycles. The van der Waals surface area contributed by atoms with E-state index in [1.807, 2.05) is 68.3 Å². The van der Waals surface area contributed by atoms with Crippen LogP contribution in [-0.2, 0) is 22.5 Å². The van der Waals surface area contributed by atoms with Gasteiger partial charge in [0.25, 0.3) is 0 Å². The Morgan fingerprint density at radius 1 is 1.05 bits per heavy atom. The minimum atomic E-state index is -0.553. The van der Waals surface area contributed by atoms with E-state index in [0.29, 0.717) is 26.2 Å². The van der Waals surface area contributed by atoms with Crippen LogP contribution in [0, 0.1) is 0 Å². The van der Waals surface area contributed by atoms with Gasteiger partial charge in [0.05, 0.1) is 11.7 Å². The summed E-state index contributed by atoms with van der Waals surface area (Å²) < 4.78 is 11.3. The summed E-state index contributed by atoms with van der Waals surface area (Å²) in [6.45, 7) is 10.3. The normalized spacial score (nSPS) is 18.1. The Labute approximate surface area is 220 Å². The van der Waals surface area contributed by atoms with Crippen molar-refractivity contribution >= 4 is 12.2 Å². The number of ether oxygens (including phenoxy) is 2. The maximum Gasteiger partial charge on any atom is 0.410 e. The quantitative estimate of drug-likeness (QED) is 0.522. The van der Waals surface area contributed by atoms with Crippen molar-refractivity contribution in [2.45, 2.75) is 64.7 Å². The van der Waals surface area contributed by atoms with Crippen LogP contribution in [0.15, 0.2) is 48.7 Å². The van der Waals surface area contributed by atoms with Crippen LogP contribution in [0.1, 0.15) is 62.9 Å². The predicted octanol–water partition coefficient (Wildman–Crippen LogP) is 5.04. The van der Waals surface area contributed by atoms with E-state index in [4.69, 9.17) is 9.47 Å². The predicted molar refractivity (Wildman–Crippen MR) is 142 cm³/mol. The van der Waals surface area contributed by atoms with Gasteiger partial charge in [-0.2, -0.15) is 0 Å². The Bertz CT molecular complexity index is 1030. The molecule has 1 aromatic heterocycles. The summed E-state index contributed by atoms with van der Waals surface area (Å²) in [6, 6.07) is 13.8. The number of hydrogen-bond acceptors (Lipinski definition) is 6. The number of nitrogens with zero attached hydrogens (tertiary/aromatic N) is 4. The van der Waals surface area contributed by atoms with Crippen molar-refractivity contribution in [1.29, 1.82) is 0 Å². The van der Waals surface area contributed by atoms with Crippen LogP contribution in [0.2, 0.25) is 0 Å². The summed E-state index contributed by atoms with van der Waals surface area (Å²) in [5, 5.41) is 0. The molecule has 2 amide bonds. The number of amides is 2. The summed E-state index contributed by atoms with van der Waals surface area (Å²) in [5.74, 6) is 0. The molecule has 1 aliphatic heterocycles.